The van der Waals surface area contributed by atoms with Gasteiger partial charge in [-0.2, -0.15) is 5.10 Å². The minimum Gasteiger partial charge on any atom is -0.309 e. The van der Waals surface area contributed by atoms with Crippen molar-refractivity contribution in [2.75, 3.05) is 0 Å². The fraction of sp³-hybridized carbons (Fsp3) is 0.333. The molecule has 112 valence electrons. The normalized spacial score (nSPS) is 11.1. The SMILES string of the molecule is Cc1cc(=O)c(CNC(C)C)nn1-c1ccc(F)c(Cl)c1. The molecule has 2 aromatic rings. The number of aromatic nitrogens is 2. The van der Waals surface area contributed by atoms with Crippen LogP contribution in [0.4, 0.5) is 4.39 Å². The van der Waals surface area contributed by atoms with Gasteiger partial charge >= 0.3 is 0 Å². The van der Waals surface area contributed by atoms with Gasteiger partial charge in [-0.05, 0) is 25.1 Å². The van der Waals surface area contributed by atoms with Crippen molar-refractivity contribution in [3.8, 4) is 5.69 Å². The lowest BCUT2D eigenvalue weighted by atomic mass is 10.2. The molecule has 0 fully saturated rings. The van der Waals surface area contributed by atoms with E-state index in [1.165, 1.54) is 18.2 Å². The maximum Gasteiger partial charge on any atom is 0.204 e. The largest absolute Gasteiger partial charge is 0.309 e. The zero-order valence-corrected chi connectivity index (χ0v) is 12.9. The van der Waals surface area contributed by atoms with E-state index in [-0.39, 0.29) is 16.5 Å². The van der Waals surface area contributed by atoms with Crippen LogP contribution in [0.5, 0.6) is 0 Å². The summed E-state index contributed by atoms with van der Waals surface area (Å²) in [5.74, 6) is -0.485. The second kappa shape index (κ2) is 6.37. The molecule has 21 heavy (non-hydrogen) atoms. The van der Waals surface area contributed by atoms with Crippen LogP contribution in [0, 0.1) is 12.7 Å². The van der Waals surface area contributed by atoms with E-state index in [9.17, 15) is 9.18 Å². The summed E-state index contributed by atoms with van der Waals surface area (Å²) >= 11 is 5.80. The summed E-state index contributed by atoms with van der Waals surface area (Å²) < 4.78 is 14.8. The Kier molecular flexibility index (Phi) is 4.75. The molecule has 0 saturated carbocycles. The highest BCUT2D eigenvalue weighted by Crippen LogP contribution is 2.19. The third kappa shape index (κ3) is 3.68. The van der Waals surface area contributed by atoms with E-state index < -0.39 is 5.82 Å². The smallest absolute Gasteiger partial charge is 0.204 e. The maximum atomic E-state index is 13.2. The highest BCUT2D eigenvalue weighted by Gasteiger charge is 2.09. The Bertz CT molecular complexity index is 713. The summed E-state index contributed by atoms with van der Waals surface area (Å²) in [4.78, 5) is 12.0. The molecule has 1 heterocycles. The topological polar surface area (TPSA) is 46.9 Å². The standard InChI is InChI=1S/C15H17ClFN3O/c1-9(2)18-8-14-15(21)6-10(3)20(19-14)11-4-5-13(17)12(16)7-11/h4-7,9,18H,8H2,1-3H3. The molecule has 0 atom stereocenters. The lowest BCUT2D eigenvalue weighted by molar-refractivity contribution is 0.568. The van der Waals surface area contributed by atoms with Gasteiger partial charge in [0, 0.05) is 24.3 Å². The van der Waals surface area contributed by atoms with Crippen molar-refractivity contribution in [2.45, 2.75) is 33.4 Å². The molecule has 0 aliphatic heterocycles. The molecule has 0 amide bonds. The van der Waals surface area contributed by atoms with Crippen LogP contribution in [0.2, 0.25) is 5.02 Å². The predicted octanol–water partition coefficient (Wildman–Crippen LogP) is 2.83. The summed E-state index contributed by atoms with van der Waals surface area (Å²) in [6.07, 6.45) is 0. The molecular weight excluding hydrogens is 293 g/mol. The first-order valence-corrected chi connectivity index (χ1v) is 7.05. The Labute approximate surface area is 127 Å². The first kappa shape index (κ1) is 15.7. The van der Waals surface area contributed by atoms with Crippen molar-refractivity contribution in [3.63, 3.8) is 0 Å². The van der Waals surface area contributed by atoms with Crippen LogP contribution >= 0.6 is 11.6 Å². The summed E-state index contributed by atoms with van der Waals surface area (Å²) in [6, 6.07) is 6.11. The monoisotopic (exact) mass is 309 g/mol. The van der Waals surface area contributed by atoms with Crippen molar-refractivity contribution >= 4 is 11.6 Å². The van der Waals surface area contributed by atoms with Gasteiger partial charge < -0.3 is 5.32 Å². The zero-order valence-electron chi connectivity index (χ0n) is 12.2. The van der Waals surface area contributed by atoms with E-state index >= 15 is 0 Å². The Balaban J connectivity index is 2.45. The number of nitrogens with zero attached hydrogens (tertiary/aromatic N) is 2. The Morgan fingerprint density at radius 1 is 1.38 bits per heavy atom. The third-order valence-corrected chi connectivity index (χ3v) is 3.29. The number of hydrogen-bond acceptors (Lipinski definition) is 3. The summed E-state index contributed by atoms with van der Waals surface area (Å²) in [7, 11) is 0. The number of aryl methyl sites for hydroxylation is 1. The highest BCUT2D eigenvalue weighted by atomic mass is 35.5. The van der Waals surface area contributed by atoms with Gasteiger partial charge in [-0.1, -0.05) is 25.4 Å². The molecule has 1 N–H and O–H groups in total. The zero-order chi connectivity index (χ0) is 15.6. The highest BCUT2D eigenvalue weighted by molar-refractivity contribution is 6.30. The molecule has 0 aliphatic carbocycles. The van der Waals surface area contributed by atoms with Gasteiger partial charge in [0.1, 0.15) is 11.5 Å². The summed E-state index contributed by atoms with van der Waals surface area (Å²) in [5, 5.41) is 7.53. The van der Waals surface area contributed by atoms with E-state index in [0.717, 1.165) is 0 Å². The molecule has 0 spiro atoms. The maximum absolute atomic E-state index is 13.2. The Morgan fingerprint density at radius 2 is 2.10 bits per heavy atom. The fourth-order valence-electron chi connectivity index (χ4n) is 1.88. The van der Waals surface area contributed by atoms with E-state index in [4.69, 9.17) is 11.6 Å². The van der Waals surface area contributed by atoms with Crippen LogP contribution < -0.4 is 10.7 Å². The lowest BCUT2D eigenvalue weighted by Gasteiger charge is -2.13. The average Bonchev–Trinajstić information content (AvgIpc) is 2.41. The van der Waals surface area contributed by atoms with Gasteiger partial charge in [0.15, 0.2) is 0 Å². The second-order valence-corrected chi connectivity index (χ2v) is 5.55. The van der Waals surface area contributed by atoms with Gasteiger partial charge in [0.25, 0.3) is 0 Å². The van der Waals surface area contributed by atoms with Gasteiger partial charge in [-0.25, -0.2) is 9.07 Å². The number of rotatable bonds is 4. The quantitative estimate of drug-likeness (QED) is 0.944. The van der Waals surface area contributed by atoms with Crippen LogP contribution in [-0.2, 0) is 6.54 Å². The van der Waals surface area contributed by atoms with Crippen molar-refractivity contribution in [1.29, 1.82) is 0 Å². The second-order valence-electron chi connectivity index (χ2n) is 5.14. The Hall–Kier alpha value is -1.72. The van der Waals surface area contributed by atoms with E-state index in [1.54, 1.807) is 17.7 Å². The van der Waals surface area contributed by atoms with Crippen LogP contribution in [0.1, 0.15) is 25.2 Å². The van der Waals surface area contributed by atoms with E-state index in [1.807, 2.05) is 13.8 Å². The van der Waals surface area contributed by atoms with Gasteiger partial charge in [-0.3, -0.25) is 4.79 Å². The molecule has 4 nitrogen and oxygen atoms in total. The predicted molar refractivity (Wildman–Crippen MR) is 81.5 cm³/mol. The Morgan fingerprint density at radius 3 is 2.71 bits per heavy atom. The van der Waals surface area contributed by atoms with Gasteiger partial charge in [-0.15, -0.1) is 0 Å². The molecule has 0 aliphatic rings. The van der Waals surface area contributed by atoms with Crippen LogP contribution in [0.15, 0.2) is 29.1 Å². The number of halogens is 2. The minimum absolute atomic E-state index is 0.0225. The molecule has 0 bridgehead atoms. The van der Waals surface area contributed by atoms with Gasteiger partial charge in [0.2, 0.25) is 5.43 Å². The van der Waals surface area contributed by atoms with Crippen molar-refractivity contribution in [2.24, 2.45) is 0 Å². The molecule has 2 rings (SSSR count). The first-order valence-electron chi connectivity index (χ1n) is 6.67. The molecular formula is C15H17ClFN3O. The van der Waals surface area contributed by atoms with Crippen LogP contribution in [-0.4, -0.2) is 15.8 Å². The molecule has 1 aromatic carbocycles. The van der Waals surface area contributed by atoms with Crippen LogP contribution in [0.3, 0.4) is 0 Å². The molecule has 0 unspecified atom stereocenters. The van der Waals surface area contributed by atoms with E-state index in [2.05, 4.69) is 10.4 Å². The third-order valence-electron chi connectivity index (χ3n) is 3.00. The summed E-state index contributed by atoms with van der Waals surface area (Å²) in [6.45, 7) is 6.13. The number of benzene rings is 1. The van der Waals surface area contributed by atoms with Crippen molar-refractivity contribution in [3.05, 3.63) is 56.7 Å². The van der Waals surface area contributed by atoms with Crippen molar-refractivity contribution in [1.82, 2.24) is 15.1 Å². The fourth-order valence-corrected chi connectivity index (χ4v) is 2.06. The number of nitrogens with one attached hydrogen (secondary N) is 1. The van der Waals surface area contributed by atoms with Crippen LogP contribution in [0.25, 0.3) is 5.69 Å². The first-order chi connectivity index (χ1) is 9.88. The molecule has 0 radical (unpaired) electrons. The lowest BCUT2D eigenvalue weighted by Crippen LogP contribution is -2.28. The van der Waals surface area contributed by atoms with E-state index in [0.29, 0.717) is 23.6 Å². The molecule has 1 aromatic heterocycles. The average molecular weight is 310 g/mol. The van der Waals surface area contributed by atoms with Crippen molar-refractivity contribution < 1.29 is 4.39 Å². The van der Waals surface area contributed by atoms with Gasteiger partial charge in [0.05, 0.1) is 10.7 Å². The number of hydrogen-bond donors (Lipinski definition) is 1. The molecule has 6 heteroatoms. The molecule has 0 saturated heterocycles. The summed E-state index contributed by atoms with van der Waals surface area (Å²) in [5.41, 5.74) is 1.57. The minimum atomic E-state index is -0.485.